The highest BCUT2D eigenvalue weighted by atomic mass is 16.3. The molecular formula is C15H13NO4. The van der Waals surface area contributed by atoms with Gasteiger partial charge in [0.25, 0.3) is 5.91 Å². The van der Waals surface area contributed by atoms with Gasteiger partial charge >= 0.3 is 0 Å². The Balaban J connectivity index is 1.67. The fraction of sp³-hybridized carbons (Fsp3) is 0.133. The molecule has 0 saturated heterocycles. The van der Waals surface area contributed by atoms with Crippen LogP contribution in [-0.2, 0) is 0 Å². The molecule has 20 heavy (non-hydrogen) atoms. The number of benzene rings is 1. The molecule has 0 bridgehead atoms. The summed E-state index contributed by atoms with van der Waals surface area (Å²) < 4.78 is 10.3. The number of fused-ring (bicyclic) bond motifs is 1. The summed E-state index contributed by atoms with van der Waals surface area (Å²) in [6.45, 7) is 0.0927. The van der Waals surface area contributed by atoms with E-state index in [1.54, 1.807) is 18.2 Å². The van der Waals surface area contributed by atoms with Crippen molar-refractivity contribution in [3.05, 3.63) is 60.2 Å². The Kier molecular flexibility index (Phi) is 3.26. The molecule has 5 heteroatoms. The molecule has 0 aliphatic rings. The summed E-state index contributed by atoms with van der Waals surface area (Å²) in [5.41, 5.74) is 1.28. The number of aliphatic hydroxyl groups excluding tert-OH is 1. The van der Waals surface area contributed by atoms with Gasteiger partial charge in [-0.1, -0.05) is 18.2 Å². The van der Waals surface area contributed by atoms with Crippen molar-refractivity contribution in [2.75, 3.05) is 6.54 Å². The number of carbonyl (C=O) groups excluding carboxylic acids is 1. The smallest absolute Gasteiger partial charge is 0.287 e. The van der Waals surface area contributed by atoms with Crippen LogP contribution in [0.25, 0.3) is 11.0 Å². The minimum atomic E-state index is -0.804. The molecule has 3 rings (SSSR count). The van der Waals surface area contributed by atoms with Crippen LogP contribution in [0.1, 0.15) is 22.2 Å². The van der Waals surface area contributed by atoms with E-state index >= 15 is 0 Å². The Morgan fingerprint density at radius 2 is 2.15 bits per heavy atom. The predicted octanol–water partition coefficient (Wildman–Crippen LogP) is 2.49. The molecule has 2 heterocycles. The van der Waals surface area contributed by atoms with Crippen molar-refractivity contribution in [2.24, 2.45) is 0 Å². The Bertz CT molecular complexity index is 681. The summed E-state index contributed by atoms with van der Waals surface area (Å²) in [6, 6.07) is 10.7. The third kappa shape index (κ3) is 2.44. The Morgan fingerprint density at radius 1 is 1.30 bits per heavy atom. The second kappa shape index (κ2) is 5.22. The SMILES string of the molecule is O=C(NC[C@H](O)c1ccoc1)c1cc2ccccc2o1. The van der Waals surface area contributed by atoms with E-state index in [0.717, 1.165) is 5.39 Å². The molecule has 1 amide bonds. The van der Waals surface area contributed by atoms with Gasteiger partial charge in [0.2, 0.25) is 0 Å². The van der Waals surface area contributed by atoms with Gasteiger partial charge in [-0.3, -0.25) is 4.79 Å². The third-order valence-corrected chi connectivity index (χ3v) is 3.03. The zero-order valence-electron chi connectivity index (χ0n) is 10.6. The first kappa shape index (κ1) is 12.5. The van der Waals surface area contributed by atoms with Crippen molar-refractivity contribution in [3.8, 4) is 0 Å². The van der Waals surface area contributed by atoms with Gasteiger partial charge in [0.1, 0.15) is 5.58 Å². The number of hydrogen-bond donors (Lipinski definition) is 2. The Morgan fingerprint density at radius 3 is 2.90 bits per heavy atom. The number of aliphatic hydroxyl groups is 1. The number of carbonyl (C=O) groups is 1. The summed E-state index contributed by atoms with van der Waals surface area (Å²) in [5, 5.41) is 13.3. The molecule has 0 aliphatic heterocycles. The van der Waals surface area contributed by atoms with Crippen LogP contribution in [0.2, 0.25) is 0 Å². The van der Waals surface area contributed by atoms with E-state index < -0.39 is 6.10 Å². The van der Waals surface area contributed by atoms with Crippen molar-refractivity contribution in [3.63, 3.8) is 0 Å². The average molecular weight is 271 g/mol. The van der Waals surface area contributed by atoms with Gasteiger partial charge in [-0.05, 0) is 18.2 Å². The summed E-state index contributed by atoms with van der Waals surface area (Å²) in [4.78, 5) is 11.9. The molecular weight excluding hydrogens is 258 g/mol. The van der Waals surface area contributed by atoms with Crippen LogP contribution in [0.5, 0.6) is 0 Å². The van der Waals surface area contributed by atoms with Crippen molar-refractivity contribution in [1.29, 1.82) is 0 Å². The van der Waals surface area contributed by atoms with Gasteiger partial charge in [-0.15, -0.1) is 0 Å². The van der Waals surface area contributed by atoms with Crippen LogP contribution in [0, 0.1) is 0 Å². The Hall–Kier alpha value is -2.53. The van der Waals surface area contributed by atoms with Gasteiger partial charge in [0, 0.05) is 17.5 Å². The first-order valence-electron chi connectivity index (χ1n) is 6.21. The van der Waals surface area contributed by atoms with E-state index in [1.165, 1.54) is 12.5 Å². The molecule has 2 N–H and O–H groups in total. The topological polar surface area (TPSA) is 75.6 Å². The molecule has 0 aliphatic carbocycles. The molecule has 0 unspecified atom stereocenters. The molecule has 1 atom stereocenters. The van der Waals surface area contributed by atoms with Crippen molar-refractivity contribution >= 4 is 16.9 Å². The molecule has 102 valence electrons. The lowest BCUT2D eigenvalue weighted by Crippen LogP contribution is -2.27. The lowest BCUT2D eigenvalue weighted by Gasteiger charge is -2.08. The van der Waals surface area contributed by atoms with Gasteiger partial charge in [-0.25, -0.2) is 0 Å². The zero-order valence-corrected chi connectivity index (χ0v) is 10.6. The first-order chi connectivity index (χ1) is 9.74. The highest BCUT2D eigenvalue weighted by molar-refractivity contribution is 5.96. The molecule has 5 nitrogen and oxygen atoms in total. The minimum absolute atomic E-state index is 0.0927. The highest BCUT2D eigenvalue weighted by Crippen LogP contribution is 2.19. The lowest BCUT2D eigenvalue weighted by atomic mass is 10.2. The van der Waals surface area contributed by atoms with Crippen LogP contribution in [0.4, 0.5) is 0 Å². The average Bonchev–Trinajstić information content (AvgIpc) is 3.12. The number of rotatable bonds is 4. The van der Waals surface area contributed by atoms with Gasteiger partial charge in [0.05, 0.1) is 18.6 Å². The molecule has 0 radical (unpaired) electrons. The highest BCUT2D eigenvalue weighted by Gasteiger charge is 2.14. The maximum atomic E-state index is 11.9. The van der Waals surface area contributed by atoms with E-state index in [0.29, 0.717) is 11.1 Å². The molecule has 1 aromatic carbocycles. The van der Waals surface area contributed by atoms with Crippen LogP contribution in [0.15, 0.2) is 57.8 Å². The molecule has 2 aromatic heterocycles. The van der Waals surface area contributed by atoms with Crippen LogP contribution < -0.4 is 5.32 Å². The fourth-order valence-corrected chi connectivity index (χ4v) is 1.95. The number of furan rings is 2. The third-order valence-electron chi connectivity index (χ3n) is 3.03. The summed E-state index contributed by atoms with van der Waals surface area (Å²) in [7, 11) is 0. The largest absolute Gasteiger partial charge is 0.472 e. The monoisotopic (exact) mass is 271 g/mol. The van der Waals surface area contributed by atoms with Crippen LogP contribution >= 0.6 is 0 Å². The van der Waals surface area contributed by atoms with E-state index in [1.807, 2.05) is 18.2 Å². The standard InChI is InChI=1S/C15H13NO4/c17-12(11-5-6-19-9-11)8-16-15(18)14-7-10-3-1-2-4-13(10)20-14/h1-7,9,12,17H,8H2,(H,16,18)/t12-/m0/s1. The maximum absolute atomic E-state index is 11.9. The minimum Gasteiger partial charge on any atom is -0.472 e. The van der Waals surface area contributed by atoms with Gasteiger partial charge in [-0.2, -0.15) is 0 Å². The zero-order chi connectivity index (χ0) is 13.9. The van der Waals surface area contributed by atoms with Crippen molar-refractivity contribution in [2.45, 2.75) is 6.10 Å². The number of amides is 1. The summed E-state index contributed by atoms with van der Waals surface area (Å²) in [6.07, 6.45) is 2.11. The van der Waals surface area contributed by atoms with Gasteiger partial charge in [0.15, 0.2) is 5.76 Å². The number of para-hydroxylation sites is 1. The van der Waals surface area contributed by atoms with Crippen molar-refractivity contribution in [1.82, 2.24) is 5.32 Å². The lowest BCUT2D eigenvalue weighted by molar-refractivity contribution is 0.0891. The Labute approximate surface area is 114 Å². The number of hydrogen-bond acceptors (Lipinski definition) is 4. The van der Waals surface area contributed by atoms with E-state index in [9.17, 15) is 9.90 Å². The van der Waals surface area contributed by atoms with E-state index in [4.69, 9.17) is 8.83 Å². The summed E-state index contributed by atoms with van der Waals surface area (Å²) >= 11 is 0. The quantitative estimate of drug-likeness (QED) is 0.764. The molecule has 0 spiro atoms. The predicted molar refractivity (Wildman–Crippen MR) is 72.2 cm³/mol. The second-order valence-electron chi connectivity index (χ2n) is 4.43. The summed E-state index contributed by atoms with van der Waals surface area (Å²) in [5.74, 6) is -0.130. The van der Waals surface area contributed by atoms with E-state index in [-0.39, 0.29) is 18.2 Å². The first-order valence-corrected chi connectivity index (χ1v) is 6.21. The fourth-order valence-electron chi connectivity index (χ4n) is 1.95. The molecule has 0 saturated carbocycles. The van der Waals surface area contributed by atoms with Crippen LogP contribution in [0.3, 0.4) is 0 Å². The second-order valence-corrected chi connectivity index (χ2v) is 4.43. The molecule has 0 fully saturated rings. The maximum Gasteiger partial charge on any atom is 0.287 e. The molecule has 3 aromatic rings. The van der Waals surface area contributed by atoms with Crippen molar-refractivity contribution < 1.29 is 18.7 Å². The number of nitrogens with one attached hydrogen (secondary N) is 1. The van der Waals surface area contributed by atoms with E-state index in [2.05, 4.69) is 5.32 Å². The van der Waals surface area contributed by atoms with Crippen LogP contribution in [-0.4, -0.2) is 17.6 Å². The normalized spacial score (nSPS) is 12.4. The van der Waals surface area contributed by atoms with Gasteiger partial charge < -0.3 is 19.3 Å².